The standard InChI is InChI=1S/C23H31N3O7/c1-3-31-17-8-7-16(13-18(17)32-4-2)9-12-24-19(27)15-33-20(28)14-26-21(29)23(25-22(26)30)10-5-6-11-23/h7-8,13H,3-6,9-12,14-15H2,1-2H3,(H,24,27)(H,25,30). The highest BCUT2D eigenvalue weighted by Crippen LogP contribution is 2.35. The summed E-state index contributed by atoms with van der Waals surface area (Å²) in [4.78, 5) is 49.6. The van der Waals surface area contributed by atoms with E-state index in [0.717, 1.165) is 23.3 Å². The number of esters is 1. The number of hydrogen-bond donors (Lipinski definition) is 2. The van der Waals surface area contributed by atoms with Crippen molar-refractivity contribution >= 4 is 23.8 Å². The number of carbonyl (C=O) groups excluding carboxylic acids is 4. The van der Waals surface area contributed by atoms with Gasteiger partial charge in [-0.15, -0.1) is 0 Å². The molecule has 4 amide bonds. The Hall–Kier alpha value is -3.30. The van der Waals surface area contributed by atoms with Gasteiger partial charge >= 0.3 is 12.0 Å². The predicted molar refractivity (Wildman–Crippen MR) is 118 cm³/mol. The van der Waals surface area contributed by atoms with Crippen LogP contribution >= 0.6 is 0 Å². The Balaban J connectivity index is 1.40. The summed E-state index contributed by atoms with van der Waals surface area (Å²) in [7, 11) is 0. The van der Waals surface area contributed by atoms with E-state index in [1.807, 2.05) is 32.0 Å². The van der Waals surface area contributed by atoms with Crippen molar-refractivity contribution < 1.29 is 33.4 Å². The number of nitrogens with one attached hydrogen (secondary N) is 2. The molecule has 1 saturated carbocycles. The number of ether oxygens (including phenoxy) is 3. The molecule has 33 heavy (non-hydrogen) atoms. The molecular formula is C23H31N3O7. The van der Waals surface area contributed by atoms with Gasteiger partial charge in [0.15, 0.2) is 18.1 Å². The Labute approximate surface area is 192 Å². The minimum atomic E-state index is -0.877. The van der Waals surface area contributed by atoms with Crippen molar-refractivity contribution in [3.05, 3.63) is 23.8 Å². The van der Waals surface area contributed by atoms with Crippen LogP contribution < -0.4 is 20.1 Å². The summed E-state index contributed by atoms with van der Waals surface area (Å²) < 4.78 is 16.1. The lowest BCUT2D eigenvalue weighted by atomic mass is 9.98. The molecule has 1 aliphatic heterocycles. The molecule has 180 valence electrons. The summed E-state index contributed by atoms with van der Waals surface area (Å²) in [5.41, 5.74) is 0.0797. The average molecular weight is 462 g/mol. The second kappa shape index (κ2) is 11.0. The van der Waals surface area contributed by atoms with E-state index in [1.54, 1.807) is 0 Å². The molecule has 1 aliphatic carbocycles. The molecule has 2 N–H and O–H groups in total. The van der Waals surface area contributed by atoms with E-state index < -0.39 is 42.5 Å². The van der Waals surface area contributed by atoms with Crippen LogP contribution in [0.3, 0.4) is 0 Å². The van der Waals surface area contributed by atoms with Crippen molar-refractivity contribution in [2.24, 2.45) is 0 Å². The number of carbonyl (C=O) groups is 4. The van der Waals surface area contributed by atoms with Crippen LogP contribution in [0, 0.1) is 0 Å². The van der Waals surface area contributed by atoms with E-state index in [0.29, 0.717) is 50.5 Å². The largest absolute Gasteiger partial charge is 0.490 e. The van der Waals surface area contributed by atoms with E-state index in [9.17, 15) is 19.2 Å². The van der Waals surface area contributed by atoms with E-state index in [-0.39, 0.29) is 0 Å². The zero-order valence-electron chi connectivity index (χ0n) is 19.1. The Morgan fingerprint density at radius 1 is 1.09 bits per heavy atom. The molecule has 1 spiro atoms. The van der Waals surface area contributed by atoms with Gasteiger partial charge in [-0.2, -0.15) is 0 Å². The molecule has 0 unspecified atom stereocenters. The third-order valence-corrected chi connectivity index (χ3v) is 5.70. The predicted octanol–water partition coefficient (Wildman–Crippen LogP) is 1.55. The van der Waals surface area contributed by atoms with Crippen molar-refractivity contribution in [2.75, 3.05) is 32.9 Å². The van der Waals surface area contributed by atoms with Gasteiger partial charge in [-0.1, -0.05) is 18.9 Å². The SMILES string of the molecule is CCOc1ccc(CCNC(=O)COC(=O)CN2C(=O)NC3(CCCC3)C2=O)cc1OCC. The van der Waals surface area contributed by atoms with Crippen LogP contribution in [-0.2, 0) is 25.5 Å². The fraction of sp³-hybridized carbons (Fsp3) is 0.565. The molecule has 1 saturated heterocycles. The molecule has 0 aromatic heterocycles. The highest BCUT2D eigenvalue weighted by molar-refractivity contribution is 6.08. The van der Waals surface area contributed by atoms with Crippen LogP contribution in [0.25, 0.3) is 0 Å². The number of urea groups is 1. The molecule has 1 aromatic rings. The number of imide groups is 1. The molecule has 0 atom stereocenters. The number of rotatable bonds is 11. The van der Waals surface area contributed by atoms with Gasteiger partial charge in [-0.3, -0.25) is 19.3 Å². The third-order valence-electron chi connectivity index (χ3n) is 5.70. The maximum Gasteiger partial charge on any atom is 0.326 e. The summed E-state index contributed by atoms with van der Waals surface area (Å²) in [6.45, 7) is 4.18. The fourth-order valence-electron chi connectivity index (χ4n) is 4.11. The van der Waals surface area contributed by atoms with Gasteiger partial charge in [0, 0.05) is 6.54 Å². The van der Waals surface area contributed by atoms with E-state index >= 15 is 0 Å². The van der Waals surface area contributed by atoms with Crippen LogP contribution in [0.5, 0.6) is 11.5 Å². The Morgan fingerprint density at radius 2 is 1.79 bits per heavy atom. The second-order valence-electron chi connectivity index (χ2n) is 8.02. The highest BCUT2D eigenvalue weighted by atomic mass is 16.5. The van der Waals surface area contributed by atoms with Crippen LogP contribution in [0.15, 0.2) is 18.2 Å². The monoisotopic (exact) mass is 461 g/mol. The zero-order valence-corrected chi connectivity index (χ0v) is 19.1. The summed E-state index contributed by atoms with van der Waals surface area (Å²) in [6, 6.07) is 5.01. The molecule has 2 fully saturated rings. The van der Waals surface area contributed by atoms with Gasteiger partial charge in [0.05, 0.1) is 13.2 Å². The van der Waals surface area contributed by atoms with E-state index in [4.69, 9.17) is 14.2 Å². The van der Waals surface area contributed by atoms with Crippen molar-refractivity contribution in [3.63, 3.8) is 0 Å². The minimum Gasteiger partial charge on any atom is -0.490 e. The van der Waals surface area contributed by atoms with Crippen molar-refractivity contribution in [1.82, 2.24) is 15.5 Å². The molecule has 0 radical (unpaired) electrons. The summed E-state index contributed by atoms with van der Waals surface area (Å²) in [5.74, 6) is -0.353. The van der Waals surface area contributed by atoms with Crippen molar-refractivity contribution in [2.45, 2.75) is 51.5 Å². The summed E-state index contributed by atoms with van der Waals surface area (Å²) in [6.07, 6.45) is 3.41. The lowest BCUT2D eigenvalue weighted by molar-refractivity contribution is -0.151. The van der Waals surface area contributed by atoms with E-state index in [2.05, 4.69) is 10.6 Å². The first-order chi connectivity index (χ1) is 15.9. The maximum atomic E-state index is 12.6. The number of benzene rings is 1. The molecule has 10 heteroatoms. The molecule has 10 nitrogen and oxygen atoms in total. The Bertz CT molecular complexity index is 896. The lowest BCUT2D eigenvalue weighted by Gasteiger charge is -2.19. The molecular weight excluding hydrogens is 430 g/mol. The van der Waals surface area contributed by atoms with Gasteiger partial charge in [-0.05, 0) is 50.8 Å². The average Bonchev–Trinajstić information content (AvgIpc) is 3.35. The second-order valence-corrected chi connectivity index (χ2v) is 8.02. The van der Waals surface area contributed by atoms with Crippen LogP contribution in [0.2, 0.25) is 0 Å². The number of amides is 4. The topological polar surface area (TPSA) is 123 Å². The van der Waals surface area contributed by atoms with Gasteiger partial charge in [0.1, 0.15) is 12.1 Å². The van der Waals surface area contributed by atoms with E-state index in [1.165, 1.54) is 0 Å². The normalized spacial score (nSPS) is 16.6. The first-order valence-electron chi connectivity index (χ1n) is 11.3. The smallest absolute Gasteiger partial charge is 0.326 e. The maximum absolute atomic E-state index is 12.6. The Kier molecular flexibility index (Phi) is 8.13. The van der Waals surface area contributed by atoms with Gasteiger partial charge in [0.25, 0.3) is 11.8 Å². The quantitative estimate of drug-likeness (QED) is 0.379. The van der Waals surface area contributed by atoms with Crippen LogP contribution in [0.1, 0.15) is 45.1 Å². The molecule has 2 aliphatic rings. The van der Waals surface area contributed by atoms with Gasteiger partial charge < -0.3 is 24.8 Å². The van der Waals surface area contributed by atoms with Crippen molar-refractivity contribution in [3.8, 4) is 11.5 Å². The first-order valence-corrected chi connectivity index (χ1v) is 11.3. The summed E-state index contributed by atoms with van der Waals surface area (Å²) >= 11 is 0. The van der Waals surface area contributed by atoms with Crippen LogP contribution in [-0.4, -0.2) is 67.2 Å². The molecule has 3 rings (SSSR count). The van der Waals surface area contributed by atoms with Gasteiger partial charge in [0.2, 0.25) is 0 Å². The minimum absolute atomic E-state index is 0.339. The number of hydrogen-bond acceptors (Lipinski definition) is 7. The fourth-order valence-corrected chi connectivity index (χ4v) is 4.11. The third kappa shape index (κ3) is 5.94. The summed E-state index contributed by atoms with van der Waals surface area (Å²) in [5, 5.41) is 5.38. The molecule has 1 aromatic carbocycles. The zero-order chi connectivity index (χ0) is 23.8. The first kappa shape index (κ1) is 24.3. The van der Waals surface area contributed by atoms with Crippen LogP contribution in [0.4, 0.5) is 4.79 Å². The highest BCUT2D eigenvalue weighted by Gasteiger charge is 2.52. The number of nitrogens with zero attached hydrogens (tertiary/aromatic N) is 1. The van der Waals surface area contributed by atoms with Crippen molar-refractivity contribution in [1.29, 1.82) is 0 Å². The van der Waals surface area contributed by atoms with Gasteiger partial charge in [-0.25, -0.2) is 4.79 Å². The molecule has 0 bridgehead atoms. The lowest BCUT2D eigenvalue weighted by Crippen LogP contribution is -2.44. The Morgan fingerprint density at radius 3 is 2.48 bits per heavy atom. The molecule has 1 heterocycles.